The van der Waals surface area contributed by atoms with Gasteiger partial charge < -0.3 is 20.6 Å². The van der Waals surface area contributed by atoms with Crippen molar-refractivity contribution in [2.24, 2.45) is 5.73 Å². The van der Waals surface area contributed by atoms with Gasteiger partial charge in [0.2, 0.25) is 5.43 Å². The van der Waals surface area contributed by atoms with Gasteiger partial charge in [0.05, 0.1) is 12.0 Å². The molecule has 0 unspecified atom stereocenters. The monoisotopic (exact) mass is 336 g/mol. The Kier molecular flexibility index (Phi) is 6.06. The van der Waals surface area contributed by atoms with Crippen molar-refractivity contribution in [1.29, 1.82) is 0 Å². The molecular formula is C16H20N2O4S. The maximum absolute atomic E-state index is 12.3. The fraction of sp³-hybridized carbons (Fsp3) is 0.375. The van der Waals surface area contributed by atoms with Gasteiger partial charge in [-0.05, 0) is 24.1 Å². The molecule has 1 heterocycles. The van der Waals surface area contributed by atoms with E-state index < -0.39 is 11.4 Å². The Balaban J connectivity index is 2.33. The molecule has 0 spiro atoms. The van der Waals surface area contributed by atoms with Crippen LogP contribution in [0, 0.1) is 0 Å². The van der Waals surface area contributed by atoms with Crippen LogP contribution >= 0.6 is 11.8 Å². The zero-order valence-corrected chi connectivity index (χ0v) is 13.7. The number of aromatic nitrogens is 1. The minimum Gasteiger partial charge on any atom is -0.492 e. The molecule has 0 saturated carbocycles. The van der Waals surface area contributed by atoms with E-state index in [1.54, 1.807) is 17.8 Å². The average Bonchev–Trinajstić information content (AvgIpc) is 2.54. The number of carboxylic acid groups (broad SMARTS) is 1. The van der Waals surface area contributed by atoms with Crippen molar-refractivity contribution in [2.75, 3.05) is 24.7 Å². The van der Waals surface area contributed by atoms with E-state index in [0.29, 0.717) is 29.8 Å². The first kappa shape index (κ1) is 17.4. The van der Waals surface area contributed by atoms with Crippen LogP contribution in [0.4, 0.5) is 0 Å². The molecule has 0 aliphatic heterocycles. The molecule has 2 rings (SSSR count). The van der Waals surface area contributed by atoms with Crippen molar-refractivity contribution in [3.8, 4) is 5.75 Å². The van der Waals surface area contributed by atoms with Crippen molar-refractivity contribution < 1.29 is 14.6 Å². The number of carboxylic acids is 1. The number of nitrogens with two attached hydrogens (primary N) is 1. The number of ether oxygens (including phenoxy) is 1. The van der Waals surface area contributed by atoms with Crippen LogP contribution in [0.25, 0.3) is 10.9 Å². The van der Waals surface area contributed by atoms with Crippen molar-refractivity contribution in [1.82, 2.24) is 4.98 Å². The SMILES string of the molecule is CCc1cc2[nH]cc(C(=O)O)c(=O)c2cc1OCCSCCN. The number of fused-ring (bicyclic) bond motifs is 1. The van der Waals surface area contributed by atoms with Gasteiger partial charge in [-0.2, -0.15) is 11.8 Å². The van der Waals surface area contributed by atoms with Gasteiger partial charge in [0.1, 0.15) is 11.3 Å². The lowest BCUT2D eigenvalue weighted by molar-refractivity contribution is 0.0695. The van der Waals surface area contributed by atoms with Crippen LogP contribution in [0.2, 0.25) is 0 Å². The summed E-state index contributed by atoms with van der Waals surface area (Å²) in [4.78, 5) is 26.2. The van der Waals surface area contributed by atoms with E-state index in [1.807, 2.05) is 13.0 Å². The van der Waals surface area contributed by atoms with E-state index in [9.17, 15) is 9.59 Å². The van der Waals surface area contributed by atoms with Crippen molar-refractivity contribution in [3.63, 3.8) is 0 Å². The number of aryl methyl sites for hydroxylation is 1. The van der Waals surface area contributed by atoms with E-state index in [0.717, 1.165) is 23.5 Å². The Labute approximate surface area is 138 Å². The molecule has 0 aliphatic rings. The number of hydrogen-bond donors (Lipinski definition) is 3. The Bertz CT molecular complexity index is 758. The number of thioether (sulfide) groups is 1. The lowest BCUT2D eigenvalue weighted by atomic mass is 10.1. The summed E-state index contributed by atoms with van der Waals surface area (Å²) in [6.07, 6.45) is 1.99. The molecule has 0 atom stereocenters. The summed E-state index contributed by atoms with van der Waals surface area (Å²) in [5, 5.41) is 9.38. The Morgan fingerprint density at radius 3 is 2.83 bits per heavy atom. The molecule has 4 N–H and O–H groups in total. The van der Waals surface area contributed by atoms with Crippen LogP contribution < -0.4 is 15.9 Å². The number of nitrogens with one attached hydrogen (secondary N) is 1. The van der Waals surface area contributed by atoms with E-state index in [4.69, 9.17) is 15.6 Å². The summed E-state index contributed by atoms with van der Waals surface area (Å²) in [6.45, 7) is 3.15. The second-order valence-electron chi connectivity index (χ2n) is 4.95. The summed E-state index contributed by atoms with van der Waals surface area (Å²) < 4.78 is 5.78. The van der Waals surface area contributed by atoms with E-state index in [-0.39, 0.29) is 5.56 Å². The fourth-order valence-electron chi connectivity index (χ4n) is 2.26. The number of rotatable bonds is 8. The molecule has 1 aromatic carbocycles. The molecule has 124 valence electrons. The molecule has 0 fully saturated rings. The third-order valence-corrected chi connectivity index (χ3v) is 4.40. The highest BCUT2D eigenvalue weighted by Gasteiger charge is 2.14. The molecule has 23 heavy (non-hydrogen) atoms. The Morgan fingerprint density at radius 2 is 2.17 bits per heavy atom. The smallest absolute Gasteiger partial charge is 0.341 e. The topological polar surface area (TPSA) is 105 Å². The second-order valence-corrected chi connectivity index (χ2v) is 6.17. The van der Waals surface area contributed by atoms with E-state index in [2.05, 4.69) is 4.98 Å². The van der Waals surface area contributed by atoms with Crippen molar-refractivity contribution >= 4 is 28.6 Å². The Hall–Kier alpha value is -1.99. The van der Waals surface area contributed by atoms with Crippen molar-refractivity contribution in [3.05, 3.63) is 39.7 Å². The van der Waals surface area contributed by atoms with Gasteiger partial charge in [0.15, 0.2) is 0 Å². The normalized spacial score (nSPS) is 10.9. The highest BCUT2D eigenvalue weighted by Crippen LogP contribution is 2.24. The molecule has 7 heteroatoms. The van der Waals surface area contributed by atoms with Crippen LogP contribution in [-0.4, -0.2) is 40.7 Å². The van der Waals surface area contributed by atoms with Gasteiger partial charge in [0, 0.05) is 29.8 Å². The maximum atomic E-state index is 12.3. The minimum absolute atomic E-state index is 0.272. The molecule has 1 aromatic heterocycles. The summed E-state index contributed by atoms with van der Waals surface area (Å²) in [7, 11) is 0. The van der Waals surface area contributed by atoms with Crippen LogP contribution in [-0.2, 0) is 6.42 Å². The molecule has 0 bridgehead atoms. The maximum Gasteiger partial charge on any atom is 0.341 e. The van der Waals surface area contributed by atoms with Gasteiger partial charge in [-0.15, -0.1) is 0 Å². The number of hydrogen-bond acceptors (Lipinski definition) is 5. The average molecular weight is 336 g/mol. The van der Waals surface area contributed by atoms with Crippen LogP contribution in [0.15, 0.2) is 23.1 Å². The molecule has 2 aromatic rings. The first-order valence-electron chi connectivity index (χ1n) is 7.40. The third-order valence-electron chi connectivity index (χ3n) is 3.42. The zero-order valence-electron chi connectivity index (χ0n) is 12.9. The number of aromatic carboxylic acids is 1. The highest BCUT2D eigenvalue weighted by molar-refractivity contribution is 7.99. The number of H-pyrrole nitrogens is 1. The van der Waals surface area contributed by atoms with Crippen molar-refractivity contribution in [2.45, 2.75) is 13.3 Å². The van der Waals surface area contributed by atoms with Crippen LogP contribution in [0.3, 0.4) is 0 Å². The predicted molar refractivity (Wildman–Crippen MR) is 92.8 cm³/mol. The minimum atomic E-state index is -1.24. The Morgan fingerprint density at radius 1 is 1.39 bits per heavy atom. The van der Waals surface area contributed by atoms with Gasteiger partial charge >= 0.3 is 5.97 Å². The summed E-state index contributed by atoms with van der Waals surface area (Å²) >= 11 is 1.70. The first-order chi connectivity index (χ1) is 11.1. The van der Waals surface area contributed by atoms with E-state index >= 15 is 0 Å². The predicted octanol–water partition coefficient (Wildman–Crippen LogP) is 1.86. The fourth-order valence-corrected chi connectivity index (χ4v) is 2.83. The highest BCUT2D eigenvalue weighted by atomic mass is 32.2. The van der Waals surface area contributed by atoms with Gasteiger partial charge in [-0.25, -0.2) is 4.79 Å². The number of carbonyl (C=O) groups is 1. The summed E-state index contributed by atoms with van der Waals surface area (Å²) in [6, 6.07) is 3.47. The summed E-state index contributed by atoms with van der Waals surface area (Å²) in [5.74, 6) is 1.07. The molecule has 0 amide bonds. The summed E-state index contributed by atoms with van der Waals surface area (Å²) in [5.41, 5.74) is 6.25. The van der Waals surface area contributed by atoms with Crippen LogP contribution in [0.5, 0.6) is 5.75 Å². The molecular weight excluding hydrogens is 316 g/mol. The number of benzene rings is 1. The van der Waals surface area contributed by atoms with Gasteiger partial charge in [0.25, 0.3) is 0 Å². The van der Waals surface area contributed by atoms with E-state index in [1.165, 1.54) is 6.20 Å². The second kappa shape index (κ2) is 8.03. The van der Waals surface area contributed by atoms with Crippen LogP contribution in [0.1, 0.15) is 22.8 Å². The third kappa shape index (κ3) is 4.05. The van der Waals surface area contributed by atoms with Gasteiger partial charge in [-0.1, -0.05) is 6.92 Å². The quantitative estimate of drug-likeness (QED) is 0.636. The lowest BCUT2D eigenvalue weighted by Crippen LogP contribution is -2.15. The first-order valence-corrected chi connectivity index (χ1v) is 8.56. The number of pyridine rings is 1. The molecule has 0 radical (unpaired) electrons. The van der Waals surface area contributed by atoms with Gasteiger partial charge in [-0.3, -0.25) is 4.79 Å². The molecule has 6 nitrogen and oxygen atoms in total. The molecule has 0 saturated heterocycles. The standard InChI is InChI=1S/C16H20N2O4S/c1-2-10-7-13-11(15(19)12(9-18-13)16(20)21)8-14(10)22-4-6-23-5-3-17/h7-9H,2-6,17H2,1H3,(H,18,19)(H,20,21). The lowest BCUT2D eigenvalue weighted by Gasteiger charge is -2.12. The molecule has 0 aliphatic carbocycles. The largest absolute Gasteiger partial charge is 0.492 e. The zero-order chi connectivity index (χ0) is 16.8. The number of aromatic amines is 1.